The van der Waals surface area contributed by atoms with Gasteiger partial charge < -0.3 is 31.2 Å². The SMILES string of the molecule is CC(=O)NCCN.CC(C)(C)c1cc(-c2cc(-c3ccc(C(=O)O)cc3Cl)cs2)ccn1.CCCCCNC(C)=O.CCN(CCCC(C)=O)C(=O)c1ccc(-c2csc(-c3ccnc(C(C)(C)C)c3)c2)c(Cl)c1. The first-order chi connectivity index (χ1) is 34.9. The number of carboxylic acid groups (broad SMARTS) is 1. The predicted octanol–water partition coefficient (Wildman–Crippen LogP) is 13.8. The maximum Gasteiger partial charge on any atom is 0.335 e. The van der Waals surface area contributed by atoms with Crippen molar-refractivity contribution in [1.82, 2.24) is 25.5 Å². The van der Waals surface area contributed by atoms with Gasteiger partial charge in [-0.2, -0.15) is 0 Å². The number of amides is 3. The minimum atomic E-state index is -0.981. The molecule has 6 aromatic rings. The molecule has 4 heterocycles. The highest BCUT2D eigenvalue weighted by Gasteiger charge is 2.20. The van der Waals surface area contributed by atoms with Crippen LogP contribution in [0.2, 0.25) is 10.0 Å². The average Bonchev–Trinajstić information content (AvgIpc) is 4.05. The minimum absolute atomic E-state index is 0.00787. The number of rotatable bonds is 17. The highest BCUT2D eigenvalue weighted by molar-refractivity contribution is 7.14. The zero-order valence-electron chi connectivity index (χ0n) is 44.8. The first-order valence-electron chi connectivity index (χ1n) is 24.8. The standard InChI is InChI=1S/C27H31ClN2O2S.C20H18ClNO2S.C7H15NO.C4H10N2O/c1-6-30(13-7-8-18(2)31)26(32)20-9-10-22(23(28)14-20)21-15-24(33-17-21)19-11-12-29-25(16-19)27(3,4)5;1-20(2,3)18-10-12(6-7-22-18)17-9-14(11-25-17)15-5-4-13(19(23)24)8-16(15)21;1-3-4-5-6-8-7(2)9;1-4(7)6-3-2-5/h9-12,14-17H,6-8,13H2,1-5H3;4-11H,1-3H3,(H,23,24);3-6H2,1-2H3,(H,8,9);2-3,5H2,1H3,(H,6,7). The summed E-state index contributed by atoms with van der Waals surface area (Å²) < 4.78 is 0. The van der Waals surface area contributed by atoms with Gasteiger partial charge in [0.1, 0.15) is 5.78 Å². The fourth-order valence-corrected chi connectivity index (χ4v) is 9.40. The molecule has 5 N–H and O–H groups in total. The van der Waals surface area contributed by atoms with Crippen molar-refractivity contribution in [1.29, 1.82) is 0 Å². The second kappa shape index (κ2) is 30.6. The molecule has 2 aromatic carbocycles. The normalized spacial score (nSPS) is 10.9. The summed E-state index contributed by atoms with van der Waals surface area (Å²) >= 11 is 16.2. The Morgan fingerprint density at radius 3 is 1.50 bits per heavy atom. The van der Waals surface area contributed by atoms with Crippen LogP contribution in [-0.2, 0) is 25.2 Å². The van der Waals surface area contributed by atoms with Crippen LogP contribution in [0.5, 0.6) is 0 Å². The van der Waals surface area contributed by atoms with Crippen molar-refractivity contribution < 1.29 is 29.1 Å². The molecular weight excluding hydrogens is 1010 g/mol. The number of carboxylic acids is 1. The molecule has 4 aromatic heterocycles. The lowest BCUT2D eigenvalue weighted by Crippen LogP contribution is -2.32. The maximum absolute atomic E-state index is 12.9. The van der Waals surface area contributed by atoms with Crippen LogP contribution in [0.4, 0.5) is 0 Å². The highest BCUT2D eigenvalue weighted by Crippen LogP contribution is 2.39. The molecule has 0 spiro atoms. The number of nitrogens with zero attached hydrogens (tertiary/aromatic N) is 3. The smallest absolute Gasteiger partial charge is 0.335 e. The molecular formula is C58H74Cl2N6O6S2. The lowest BCUT2D eigenvalue weighted by Gasteiger charge is -2.21. The minimum Gasteiger partial charge on any atom is -0.478 e. The molecule has 0 saturated heterocycles. The average molecular weight is 1090 g/mol. The number of aromatic nitrogens is 2. The van der Waals surface area contributed by atoms with Gasteiger partial charge in [0, 0.05) is 124 Å². The molecule has 16 heteroatoms. The molecule has 398 valence electrons. The van der Waals surface area contributed by atoms with Crippen molar-refractivity contribution in [2.24, 2.45) is 5.73 Å². The quantitative estimate of drug-likeness (QED) is 0.0645. The molecule has 0 radical (unpaired) electrons. The highest BCUT2D eigenvalue weighted by atomic mass is 35.5. The first kappa shape index (κ1) is 62.5. The number of carbonyl (C=O) groups excluding carboxylic acids is 4. The topological polar surface area (TPSA) is 185 Å². The Bertz CT molecular complexity index is 2790. The molecule has 6 rings (SSSR count). The van der Waals surface area contributed by atoms with Gasteiger partial charge in [0.15, 0.2) is 0 Å². The van der Waals surface area contributed by atoms with Crippen LogP contribution in [0.15, 0.2) is 96.0 Å². The summed E-state index contributed by atoms with van der Waals surface area (Å²) in [6.07, 6.45) is 8.38. The maximum atomic E-state index is 12.9. The molecule has 0 aliphatic heterocycles. The van der Waals surface area contributed by atoms with Gasteiger partial charge in [-0.15, -0.1) is 22.7 Å². The second-order valence-corrected chi connectivity index (χ2v) is 22.2. The van der Waals surface area contributed by atoms with E-state index >= 15 is 0 Å². The number of nitrogens with two attached hydrogens (primary N) is 1. The van der Waals surface area contributed by atoms with Gasteiger partial charge in [-0.25, -0.2) is 4.79 Å². The number of pyridine rings is 2. The number of carbonyl (C=O) groups is 5. The zero-order chi connectivity index (χ0) is 55.2. The molecule has 3 amide bonds. The number of thiophene rings is 2. The van der Waals surface area contributed by atoms with Crippen molar-refractivity contribution >= 4 is 75.3 Å². The molecule has 0 fully saturated rings. The van der Waals surface area contributed by atoms with Gasteiger partial charge in [-0.05, 0) is 120 Å². The van der Waals surface area contributed by atoms with Gasteiger partial charge in [0.2, 0.25) is 11.8 Å². The van der Waals surface area contributed by atoms with E-state index in [9.17, 15) is 24.0 Å². The van der Waals surface area contributed by atoms with Crippen LogP contribution in [-0.4, -0.2) is 82.2 Å². The lowest BCUT2D eigenvalue weighted by molar-refractivity contribution is -0.119. The molecule has 0 saturated carbocycles. The van der Waals surface area contributed by atoms with Crippen LogP contribution in [0.25, 0.3) is 43.1 Å². The van der Waals surface area contributed by atoms with Gasteiger partial charge in [-0.3, -0.25) is 24.4 Å². The Hall–Kier alpha value is -5.77. The Balaban J connectivity index is 0.000000307. The number of unbranched alkanes of at least 4 members (excludes halogenated alkanes) is 2. The van der Waals surface area contributed by atoms with Crippen LogP contribution in [0.1, 0.15) is 140 Å². The summed E-state index contributed by atoms with van der Waals surface area (Å²) in [4.78, 5) is 68.5. The number of Topliss-reactive ketones (excluding diaryl/α,β-unsaturated/α-hetero) is 1. The number of benzene rings is 2. The molecule has 0 aliphatic rings. The van der Waals surface area contributed by atoms with E-state index in [1.165, 1.54) is 25.8 Å². The molecule has 0 bridgehead atoms. The number of hydrogen-bond donors (Lipinski definition) is 4. The van der Waals surface area contributed by atoms with Gasteiger partial charge in [0.25, 0.3) is 5.91 Å². The van der Waals surface area contributed by atoms with Crippen molar-refractivity contribution in [3.05, 3.63) is 129 Å². The number of hydrogen-bond acceptors (Lipinski definition) is 10. The summed E-state index contributed by atoms with van der Waals surface area (Å²) in [5.41, 5.74) is 13.9. The third kappa shape index (κ3) is 20.9. The van der Waals surface area contributed by atoms with Crippen molar-refractivity contribution in [2.45, 2.75) is 119 Å². The lowest BCUT2D eigenvalue weighted by atomic mass is 9.90. The monoisotopic (exact) mass is 1080 g/mol. The fourth-order valence-electron chi connectivity index (χ4n) is 7.00. The predicted molar refractivity (Wildman–Crippen MR) is 308 cm³/mol. The first-order valence-corrected chi connectivity index (χ1v) is 27.3. The van der Waals surface area contributed by atoms with E-state index in [0.29, 0.717) is 54.6 Å². The van der Waals surface area contributed by atoms with E-state index in [1.54, 1.807) is 59.6 Å². The van der Waals surface area contributed by atoms with E-state index in [1.807, 2.05) is 49.0 Å². The van der Waals surface area contributed by atoms with Crippen molar-refractivity contribution in [3.8, 4) is 43.1 Å². The Kier molecular flexibility index (Phi) is 25.8. The van der Waals surface area contributed by atoms with Crippen molar-refractivity contribution in [2.75, 3.05) is 32.7 Å². The van der Waals surface area contributed by atoms with Crippen LogP contribution < -0.4 is 16.4 Å². The number of halogens is 2. The number of ketones is 1. The third-order valence-corrected chi connectivity index (χ3v) is 13.8. The Morgan fingerprint density at radius 1 is 0.635 bits per heavy atom. The largest absolute Gasteiger partial charge is 0.478 e. The van der Waals surface area contributed by atoms with Crippen LogP contribution >= 0.6 is 45.9 Å². The second-order valence-electron chi connectivity index (χ2n) is 19.6. The number of nitrogens with one attached hydrogen (secondary N) is 2. The molecule has 74 heavy (non-hydrogen) atoms. The summed E-state index contributed by atoms with van der Waals surface area (Å²) in [5, 5.41) is 19.4. The summed E-state index contributed by atoms with van der Waals surface area (Å²) in [6.45, 7) is 24.7. The van der Waals surface area contributed by atoms with Crippen LogP contribution in [0, 0.1) is 0 Å². The third-order valence-electron chi connectivity index (χ3n) is 11.2. The van der Waals surface area contributed by atoms with Crippen molar-refractivity contribution in [3.63, 3.8) is 0 Å². The van der Waals surface area contributed by atoms with E-state index in [4.69, 9.17) is 34.0 Å². The summed E-state index contributed by atoms with van der Waals surface area (Å²) in [5.74, 6) is -0.850. The Morgan fingerprint density at radius 2 is 1.11 bits per heavy atom. The van der Waals surface area contributed by atoms with E-state index in [0.717, 1.165) is 67.5 Å². The summed E-state index contributed by atoms with van der Waals surface area (Å²) in [7, 11) is 0. The number of aromatic carboxylic acids is 1. The van der Waals surface area contributed by atoms with Gasteiger partial charge in [0.05, 0.1) is 5.56 Å². The van der Waals surface area contributed by atoms with E-state index in [-0.39, 0.29) is 39.9 Å². The summed E-state index contributed by atoms with van der Waals surface area (Å²) in [6, 6.07) is 22.8. The zero-order valence-corrected chi connectivity index (χ0v) is 47.9. The fraction of sp³-hybridized carbons (Fsp3) is 0.397. The van der Waals surface area contributed by atoms with Gasteiger partial charge in [-0.1, -0.05) is 96.6 Å². The molecule has 0 atom stereocenters. The Labute approximate surface area is 456 Å². The molecule has 0 aliphatic carbocycles. The van der Waals surface area contributed by atoms with Crippen LogP contribution in [0.3, 0.4) is 0 Å². The van der Waals surface area contributed by atoms with E-state index < -0.39 is 5.97 Å². The van der Waals surface area contributed by atoms with Gasteiger partial charge >= 0.3 is 5.97 Å². The molecule has 0 unspecified atom stereocenters. The molecule has 12 nitrogen and oxygen atoms in total. The van der Waals surface area contributed by atoms with E-state index in [2.05, 4.69) is 98.7 Å².